The molecule has 2 N–H and O–H groups in total. The third-order valence-corrected chi connectivity index (χ3v) is 4.51. The first kappa shape index (κ1) is 14.8. The first-order valence-electron chi connectivity index (χ1n) is 6.95. The average Bonchev–Trinajstić information content (AvgIpc) is 2.38. The number of nitrogens with two attached hydrogens (primary N) is 1. The Kier molecular flexibility index (Phi) is 4.87. The zero-order valence-electron chi connectivity index (χ0n) is 12.1. The maximum absolute atomic E-state index is 6.10. The van der Waals surface area contributed by atoms with Crippen molar-refractivity contribution in [2.24, 2.45) is 5.73 Å². The maximum atomic E-state index is 6.10. The number of rotatable bonds is 3. The summed E-state index contributed by atoms with van der Waals surface area (Å²) in [5.74, 6) is 0. The smallest absolute Gasteiger partial charge is 0.0425 e. The molecule has 1 heterocycles. The second kappa shape index (κ2) is 6.25. The number of halogens is 1. The van der Waals surface area contributed by atoms with E-state index < -0.39 is 0 Å². The lowest BCUT2D eigenvalue weighted by Crippen LogP contribution is -2.42. The molecule has 1 aliphatic heterocycles. The van der Waals surface area contributed by atoms with Crippen molar-refractivity contribution in [2.45, 2.75) is 31.8 Å². The monoisotopic (exact) mass is 325 g/mol. The summed E-state index contributed by atoms with van der Waals surface area (Å²) in [5.41, 5.74) is 8.63. The van der Waals surface area contributed by atoms with Crippen molar-refractivity contribution in [3.63, 3.8) is 0 Å². The number of hydrogen-bond donors (Lipinski definition) is 1. The van der Waals surface area contributed by atoms with Crippen LogP contribution in [0.2, 0.25) is 0 Å². The summed E-state index contributed by atoms with van der Waals surface area (Å²) in [7, 11) is 4.35. The van der Waals surface area contributed by atoms with Crippen LogP contribution >= 0.6 is 15.9 Å². The van der Waals surface area contributed by atoms with Crippen LogP contribution < -0.4 is 10.6 Å². The van der Waals surface area contributed by atoms with E-state index in [1.807, 2.05) is 0 Å². The highest BCUT2D eigenvalue weighted by Crippen LogP contribution is 2.31. The van der Waals surface area contributed by atoms with E-state index in [-0.39, 0.29) is 6.04 Å². The van der Waals surface area contributed by atoms with Gasteiger partial charge in [0.25, 0.3) is 0 Å². The largest absolute Gasteiger partial charge is 0.371 e. The molecule has 1 saturated heterocycles. The Morgan fingerprint density at radius 3 is 2.47 bits per heavy atom. The molecule has 0 amide bonds. The van der Waals surface area contributed by atoms with Gasteiger partial charge < -0.3 is 15.5 Å². The van der Waals surface area contributed by atoms with Crippen LogP contribution in [0.3, 0.4) is 0 Å². The summed E-state index contributed by atoms with van der Waals surface area (Å²) in [4.78, 5) is 4.81. The van der Waals surface area contributed by atoms with Gasteiger partial charge in [0, 0.05) is 35.3 Å². The van der Waals surface area contributed by atoms with Crippen LogP contribution in [-0.4, -0.2) is 38.1 Å². The number of benzene rings is 1. The third-order valence-electron chi connectivity index (χ3n) is 4.02. The minimum Gasteiger partial charge on any atom is -0.371 e. The fourth-order valence-electron chi connectivity index (χ4n) is 2.80. The van der Waals surface area contributed by atoms with Crippen LogP contribution in [0.4, 0.5) is 5.69 Å². The Hall–Kier alpha value is -0.580. The summed E-state index contributed by atoms with van der Waals surface area (Å²) >= 11 is 3.57. The van der Waals surface area contributed by atoms with Gasteiger partial charge in [-0.1, -0.05) is 22.0 Å². The standard InChI is InChI=1S/C15H24BrN3/c1-11(17)14-5-4-12(16)10-15(14)19-8-6-13(7-9-19)18(2)3/h4-5,10-11,13H,6-9,17H2,1-3H3. The normalized spacial score (nSPS) is 18.9. The van der Waals surface area contributed by atoms with Gasteiger partial charge in [-0.05, 0) is 51.6 Å². The van der Waals surface area contributed by atoms with E-state index in [2.05, 4.69) is 64.9 Å². The third kappa shape index (κ3) is 3.50. The highest BCUT2D eigenvalue weighted by atomic mass is 79.9. The van der Waals surface area contributed by atoms with Gasteiger partial charge in [-0.3, -0.25) is 0 Å². The van der Waals surface area contributed by atoms with Crippen LogP contribution in [-0.2, 0) is 0 Å². The lowest BCUT2D eigenvalue weighted by molar-refractivity contribution is 0.249. The van der Waals surface area contributed by atoms with Crippen molar-refractivity contribution < 1.29 is 0 Å². The van der Waals surface area contributed by atoms with Crippen molar-refractivity contribution in [2.75, 3.05) is 32.1 Å². The van der Waals surface area contributed by atoms with Crippen LogP contribution in [0.25, 0.3) is 0 Å². The van der Waals surface area contributed by atoms with E-state index in [0.717, 1.165) is 17.6 Å². The molecule has 1 unspecified atom stereocenters. The maximum Gasteiger partial charge on any atom is 0.0425 e. The van der Waals surface area contributed by atoms with E-state index in [1.54, 1.807) is 0 Å². The Balaban J connectivity index is 2.16. The number of nitrogens with zero attached hydrogens (tertiary/aromatic N) is 2. The molecule has 0 aromatic heterocycles. The Bertz CT molecular complexity index is 423. The second-order valence-corrected chi connectivity index (χ2v) is 6.59. The van der Waals surface area contributed by atoms with Crippen molar-refractivity contribution in [3.8, 4) is 0 Å². The quantitative estimate of drug-likeness (QED) is 0.927. The molecule has 106 valence electrons. The zero-order chi connectivity index (χ0) is 14.0. The molecule has 1 fully saturated rings. The SMILES string of the molecule is CC(N)c1ccc(Br)cc1N1CCC(N(C)C)CC1. The lowest BCUT2D eigenvalue weighted by atomic mass is 10.0. The molecule has 0 saturated carbocycles. The van der Waals surface area contributed by atoms with Gasteiger partial charge >= 0.3 is 0 Å². The van der Waals surface area contributed by atoms with Gasteiger partial charge in [0.1, 0.15) is 0 Å². The summed E-state index contributed by atoms with van der Waals surface area (Å²) in [6.07, 6.45) is 2.44. The van der Waals surface area contributed by atoms with E-state index in [4.69, 9.17) is 5.73 Å². The molecule has 1 aliphatic rings. The van der Waals surface area contributed by atoms with Crippen LogP contribution in [0.15, 0.2) is 22.7 Å². The molecule has 1 aromatic carbocycles. The fourth-order valence-corrected chi connectivity index (χ4v) is 3.15. The summed E-state index contributed by atoms with van der Waals surface area (Å²) in [6, 6.07) is 7.21. The minimum atomic E-state index is 0.0784. The first-order chi connectivity index (χ1) is 8.99. The highest BCUT2D eigenvalue weighted by Gasteiger charge is 2.22. The Morgan fingerprint density at radius 1 is 1.32 bits per heavy atom. The zero-order valence-corrected chi connectivity index (χ0v) is 13.7. The molecule has 4 heteroatoms. The average molecular weight is 326 g/mol. The molecular formula is C15H24BrN3. The highest BCUT2D eigenvalue weighted by molar-refractivity contribution is 9.10. The molecule has 0 bridgehead atoms. The first-order valence-corrected chi connectivity index (χ1v) is 7.74. The van der Waals surface area contributed by atoms with Crippen molar-refractivity contribution in [3.05, 3.63) is 28.2 Å². The predicted molar refractivity (Wildman–Crippen MR) is 85.7 cm³/mol. The number of anilines is 1. The van der Waals surface area contributed by atoms with Gasteiger partial charge in [0.2, 0.25) is 0 Å². The molecule has 19 heavy (non-hydrogen) atoms. The molecule has 0 aliphatic carbocycles. The van der Waals surface area contributed by atoms with Gasteiger partial charge in [-0.25, -0.2) is 0 Å². The van der Waals surface area contributed by atoms with Crippen molar-refractivity contribution >= 4 is 21.6 Å². The van der Waals surface area contributed by atoms with E-state index in [0.29, 0.717) is 6.04 Å². The topological polar surface area (TPSA) is 32.5 Å². The summed E-state index contributed by atoms with van der Waals surface area (Å²) in [5, 5.41) is 0. The molecule has 1 aromatic rings. The van der Waals surface area contributed by atoms with E-state index >= 15 is 0 Å². The fraction of sp³-hybridized carbons (Fsp3) is 0.600. The van der Waals surface area contributed by atoms with Crippen molar-refractivity contribution in [1.29, 1.82) is 0 Å². The van der Waals surface area contributed by atoms with Crippen LogP contribution in [0, 0.1) is 0 Å². The van der Waals surface area contributed by atoms with E-state index in [9.17, 15) is 0 Å². The Labute approximate surface area is 124 Å². The van der Waals surface area contributed by atoms with E-state index in [1.165, 1.54) is 24.1 Å². The molecule has 0 spiro atoms. The van der Waals surface area contributed by atoms with Gasteiger partial charge in [-0.15, -0.1) is 0 Å². The number of piperidine rings is 1. The van der Waals surface area contributed by atoms with Gasteiger partial charge in [-0.2, -0.15) is 0 Å². The lowest BCUT2D eigenvalue weighted by Gasteiger charge is -2.37. The molecular weight excluding hydrogens is 302 g/mol. The molecule has 0 radical (unpaired) electrons. The van der Waals surface area contributed by atoms with Crippen molar-refractivity contribution in [1.82, 2.24) is 4.90 Å². The number of hydrogen-bond acceptors (Lipinski definition) is 3. The van der Waals surface area contributed by atoms with Crippen LogP contribution in [0.1, 0.15) is 31.4 Å². The van der Waals surface area contributed by atoms with Gasteiger partial charge in [0.05, 0.1) is 0 Å². The van der Waals surface area contributed by atoms with Gasteiger partial charge in [0.15, 0.2) is 0 Å². The molecule has 1 atom stereocenters. The molecule has 3 nitrogen and oxygen atoms in total. The summed E-state index contributed by atoms with van der Waals surface area (Å²) < 4.78 is 1.13. The minimum absolute atomic E-state index is 0.0784. The second-order valence-electron chi connectivity index (χ2n) is 5.67. The van der Waals surface area contributed by atoms with Crippen LogP contribution in [0.5, 0.6) is 0 Å². The predicted octanol–water partition coefficient (Wildman–Crippen LogP) is 3.00. The summed E-state index contributed by atoms with van der Waals surface area (Å²) in [6.45, 7) is 4.28. The molecule has 2 rings (SSSR count). The Morgan fingerprint density at radius 2 is 1.95 bits per heavy atom.